The monoisotopic (exact) mass is 541 g/mol. The van der Waals surface area contributed by atoms with Crippen LogP contribution in [0.15, 0.2) is 35.4 Å². The van der Waals surface area contributed by atoms with Gasteiger partial charge in [0.1, 0.15) is 6.61 Å². The van der Waals surface area contributed by atoms with Crippen molar-refractivity contribution in [1.82, 2.24) is 19.5 Å². The van der Waals surface area contributed by atoms with Gasteiger partial charge in [0.2, 0.25) is 5.95 Å². The Labute approximate surface area is 232 Å². The number of nitrogen functional groups attached to an aromatic ring is 1. The number of aromatic amines is 1. The molecule has 0 unspecified atom stereocenters. The van der Waals surface area contributed by atoms with Gasteiger partial charge in [-0.25, -0.2) is 4.98 Å². The maximum atomic E-state index is 12.3. The van der Waals surface area contributed by atoms with Crippen molar-refractivity contribution >= 4 is 23.1 Å². The van der Waals surface area contributed by atoms with Crippen LogP contribution in [0.2, 0.25) is 0 Å². The summed E-state index contributed by atoms with van der Waals surface area (Å²) in [5.74, 6) is -0.630. The van der Waals surface area contributed by atoms with Crippen LogP contribution in [-0.2, 0) is 9.53 Å². The molecule has 0 bridgehead atoms. The molecule has 0 amide bonds. The fourth-order valence-corrected chi connectivity index (χ4v) is 5.32. The molecule has 1 fully saturated rings. The number of H-pyrrole nitrogens is 1. The molecule has 2 aromatic rings. The molecule has 3 rings (SSSR count). The van der Waals surface area contributed by atoms with Crippen molar-refractivity contribution in [2.24, 2.45) is 5.92 Å². The van der Waals surface area contributed by atoms with Crippen LogP contribution in [0.3, 0.4) is 0 Å². The number of esters is 1. The van der Waals surface area contributed by atoms with E-state index >= 15 is 0 Å². The van der Waals surface area contributed by atoms with Crippen LogP contribution in [0.5, 0.6) is 0 Å². The smallest absolute Gasteiger partial charge is 0.305 e. The van der Waals surface area contributed by atoms with Gasteiger partial charge in [0.05, 0.1) is 18.5 Å². The van der Waals surface area contributed by atoms with Crippen LogP contribution >= 0.6 is 0 Å². The van der Waals surface area contributed by atoms with Gasteiger partial charge < -0.3 is 20.1 Å². The molecule has 0 saturated heterocycles. The zero-order valence-corrected chi connectivity index (χ0v) is 23.6. The first-order valence-corrected chi connectivity index (χ1v) is 14.8. The second kappa shape index (κ2) is 16.2. The number of nitrogens with zero attached hydrogens (tertiary/aromatic N) is 3. The Balaban J connectivity index is 1.27. The van der Waals surface area contributed by atoms with Gasteiger partial charge >= 0.3 is 5.97 Å². The number of anilines is 1. The first-order valence-electron chi connectivity index (χ1n) is 14.8. The Hall–Kier alpha value is -2.94. The molecule has 1 saturated carbocycles. The summed E-state index contributed by atoms with van der Waals surface area (Å²) in [6, 6.07) is -0.312. The second-order valence-electron chi connectivity index (χ2n) is 10.8. The number of unbranched alkanes of at least 4 members (excludes halogenated alkanes) is 11. The first kappa shape index (κ1) is 30.6. The van der Waals surface area contributed by atoms with Crippen LogP contribution in [0.4, 0.5) is 5.95 Å². The van der Waals surface area contributed by atoms with E-state index in [0.29, 0.717) is 18.5 Å². The fraction of sp³-hybridized carbons (Fsp3) is 0.667. The summed E-state index contributed by atoms with van der Waals surface area (Å²) in [7, 11) is 0. The van der Waals surface area contributed by atoms with E-state index in [2.05, 4.69) is 40.6 Å². The van der Waals surface area contributed by atoms with Gasteiger partial charge in [-0.15, -0.1) is 0 Å². The lowest BCUT2D eigenvalue weighted by Gasteiger charge is -2.17. The zero-order chi connectivity index (χ0) is 28.0. The quantitative estimate of drug-likeness (QED) is 0.124. The lowest BCUT2D eigenvalue weighted by Crippen LogP contribution is -2.22. The van der Waals surface area contributed by atoms with E-state index in [1.165, 1.54) is 64.1 Å². The maximum Gasteiger partial charge on any atom is 0.305 e. The number of aromatic nitrogens is 4. The molecule has 2 aromatic heterocycles. The number of aliphatic hydroxyl groups excluding tert-OH is 1. The average molecular weight is 542 g/mol. The standard InChI is InChI=1S/C30H47N5O4/c1-3-4-5-6-7-8-9-10-11-12-13-14-15-16-17-18-26(37)39-20-23-22(2)24(19-25(23)36)35-21-32-27-28(35)33-30(31)34-29(27)38/h10-11,21,23-25,36H,2-9,12-20H2,1H3,(H3,31,33,34,38)/b11-10-/t23-,24-,25-/m0/s1. The van der Waals surface area contributed by atoms with Crippen LogP contribution in [0, 0.1) is 5.92 Å². The average Bonchev–Trinajstić information content (AvgIpc) is 3.45. The third kappa shape index (κ3) is 9.34. The summed E-state index contributed by atoms with van der Waals surface area (Å²) < 4.78 is 7.20. The van der Waals surface area contributed by atoms with Crippen molar-refractivity contribution in [3.05, 3.63) is 41.0 Å². The van der Waals surface area contributed by atoms with Crippen LogP contribution in [-0.4, -0.2) is 43.3 Å². The third-order valence-corrected chi connectivity index (χ3v) is 7.69. The molecule has 9 nitrogen and oxygen atoms in total. The Morgan fingerprint density at radius 2 is 1.77 bits per heavy atom. The van der Waals surface area contributed by atoms with Crippen LogP contribution in [0.25, 0.3) is 11.2 Å². The van der Waals surface area contributed by atoms with Crippen molar-refractivity contribution < 1.29 is 14.6 Å². The topological polar surface area (TPSA) is 136 Å². The highest BCUT2D eigenvalue weighted by Gasteiger charge is 2.39. The van der Waals surface area contributed by atoms with Gasteiger partial charge in [0, 0.05) is 12.3 Å². The van der Waals surface area contributed by atoms with Gasteiger partial charge in [-0.2, -0.15) is 4.98 Å². The lowest BCUT2D eigenvalue weighted by molar-refractivity contribution is -0.145. The molecule has 0 spiro atoms. The van der Waals surface area contributed by atoms with Gasteiger partial charge in [-0.1, -0.05) is 77.0 Å². The van der Waals surface area contributed by atoms with Gasteiger partial charge in [0.15, 0.2) is 11.2 Å². The number of carbonyl (C=O) groups is 1. The van der Waals surface area contributed by atoms with Gasteiger partial charge in [0.25, 0.3) is 5.56 Å². The molecule has 9 heteroatoms. The highest BCUT2D eigenvalue weighted by atomic mass is 16.5. The SMILES string of the molecule is C=C1[C@H](COC(=O)CCCCCCC/C=C\CCCCCCCC)[C@@H](O)C[C@@H]1n1cnc2c(=O)[nH]c(N)nc21. The number of ether oxygens (including phenoxy) is 1. The highest BCUT2D eigenvalue weighted by molar-refractivity contribution is 5.71. The maximum absolute atomic E-state index is 12.3. The minimum absolute atomic E-state index is 0.000437. The largest absolute Gasteiger partial charge is 0.465 e. The Morgan fingerprint density at radius 3 is 2.46 bits per heavy atom. The molecular weight excluding hydrogens is 494 g/mol. The molecule has 39 heavy (non-hydrogen) atoms. The van der Waals surface area contributed by atoms with E-state index in [0.717, 1.165) is 31.3 Å². The van der Waals surface area contributed by atoms with Crippen molar-refractivity contribution in [3.8, 4) is 0 Å². The zero-order valence-electron chi connectivity index (χ0n) is 23.6. The third-order valence-electron chi connectivity index (χ3n) is 7.69. The van der Waals surface area contributed by atoms with E-state index in [1.807, 2.05) is 0 Å². The van der Waals surface area contributed by atoms with Crippen molar-refractivity contribution in [1.29, 1.82) is 0 Å². The number of aliphatic hydroxyl groups is 1. The number of imidazole rings is 1. The number of allylic oxidation sites excluding steroid dienone is 2. The Morgan fingerprint density at radius 1 is 1.13 bits per heavy atom. The molecule has 1 aliphatic rings. The summed E-state index contributed by atoms with van der Waals surface area (Å²) in [4.78, 5) is 35.1. The second-order valence-corrected chi connectivity index (χ2v) is 10.8. The predicted octanol–water partition coefficient (Wildman–Crippen LogP) is 5.76. The molecular formula is C30H47N5O4. The fourth-order valence-electron chi connectivity index (χ4n) is 5.32. The number of rotatable bonds is 18. The summed E-state index contributed by atoms with van der Waals surface area (Å²) in [6.45, 7) is 6.49. The first-order chi connectivity index (χ1) is 18.9. The minimum Gasteiger partial charge on any atom is -0.465 e. The van der Waals surface area contributed by atoms with Crippen LogP contribution in [0.1, 0.15) is 109 Å². The van der Waals surface area contributed by atoms with Crippen molar-refractivity contribution in [2.75, 3.05) is 12.3 Å². The molecule has 0 radical (unpaired) electrons. The summed E-state index contributed by atoms with van der Waals surface area (Å²) >= 11 is 0. The lowest BCUT2D eigenvalue weighted by atomic mass is 10.0. The molecule has 4 N–H and O–H groups in total. The van der Waals surface area contributed by atoms with Crippen LogP contribution < -0.4 is 11.3 Å². The molecule has 3 atom stereocenters. The number of hydrogen-bond acceptors (Lipinski definition) is 7. The normalized spacial score (nSPS) is 19.4. The summed E-state index contributed by atoms with van der Waals surface area (Å²) in [5.41, 5.74) is 6.53. The molecule has 0 aromatic carbocycles. The summed E-state index contributed by atoms with van der Waals surface area (Å²) in [5, 5.41) is 10.6. The number of nitrogens with two attached hydrogens (primary N) is 1. The number of hydrogen-bond donors (Lipinski definition) is 3. The van der Waals surface area contributed by atoms with E-state index in [9.17, 15) is 14.7 Å². The highest BCUT2D eigenvalue weighted by Crippen LogP contribution is 2.40. The number of carbonyl (C=O) groups excluding carboxylic acids is 1. The molecule has 216 valence electrons. The predicted molar refractivity (Wildman–Crippen MR) is 155 cm³/mol. The van der Waals surface area contributed by atoms with E-state index < -0.39 is 11.7 Å². The van der Waals surface area contributed by atoms with Gasteiger partial charge in [-0.3, -0.25) is 14.6 Å². The molecule has 1 aliphatic carbocycles. The van der Waals surface area contributed by atoms with E-state index in [4.69, 9.17) is 10.5 Å². The Bertz CT molecular complexity index is 1140. The van der Waals surface area contributed by atoms with E-state index in [-0.39, 0.29) is 36.0 Å². The molecule has 0 aliphatic heterocycles. The molecule has 2 heterocycles. The minimum atomic E-state index is -0.716. The van der Waals surface area contributed by atoms with Crippen molar-refractivity contribution in [3.63, 3.8) is 0 Å². The number of fused-ring (bicyclic) bond motifs is 1. The Kier molecular flexibility index (Phi) is 12.7. The van der Waals surface area contributed by atoms with E-state index in [1.54, 1.807) is 4.57 Å². The number of nitrogens with one attached hydrogen (secondary N) is 1. The summed E-state index contributed by atoms with van der Waals surface area (Å²) in [6.07, 6.45) is 21.9. The van der Waals surface area contributed by atoms with Crippen molar-refractivity contribution in [2.45, 2.75) is 115 Å². The van der Waals surface area contributed by atoms with Gasteiger partial charge in [-0.05, 0) is 44.1 Å².